The summed E-state index contributed by atoms with van der Waals surface area (Å²) in [6.45, 7) is 5.66. The van der Waals surface area contributed by atoms with E-state index in [2.05, 4.69) is 20.3 Å². The minimum Gasteiger partial charge on any atom is -0.335 e. The third-order valence-electron chi connectivity index (χ3n) is 4.91. The first-order chi connectivity index (χ1) is 11.6. The van der Waals surface area contributed by atoms with Crippen LogP contribution in [0.5, 0.6) is 0 Å². The van der Waals surface area contributed by atoms with Crippen molar-refractivity contribution in [1.29, 1.82) is 0 Å². The summed E-state index contributed by atoms with van der Waals surface area (Å²) < 4.78 is 6.60. The van der Waals surface area contributed by atoms with Gasteiger partial charge in [-0.25, -0.2) is 4.63 Å². The number of nitrogens with zero attached hydrogens (tertiary/aromatic N) is 6. The van der Waals surface area contributed by atoms with Gasteiger partial charge in [-0.15, -0.1) is 0 Å². The first-order valence-corrected chi connectivity index (χ1v) is 8.45. The Morgan fingerprint density at radius 3 is 2.62 bits per heavy atom. The van der Waals surface area contributed by atoms with Crippen molar-refractivity contribution in [3.05, 3.63) is 28.8 Å². The molecule has 2 aromatic rings. The van der Waals surface area contributed by atoms with Crippen LogP contribution in [0.3, 0.4) is 0 Å². The highest BCUT2D eigenvalue weighted by atomic mass is 16.6. The highest BCUT2D eigenvalue weighted by Crippen LogP contribution is 2.40. The van der Waals surface area contributed by atoms with E-state index in [9.17, 15) is 4.79 Å². The molecule has 1 aliphatic heterocycles. The van der Waals surface area contributed by atoms with Crippen LogP contribution in [0, 0.1) is 6.92 Å². The molecule has 128 valence electrons. The molecular formula is C16H22N6O2. The lowest BCUT2D eigenvalue weighted by Gasteiger charge is -2.33. The zero-order valence-corrected chi connectivity index (χ0v) is 14.1. The van der Waals surface area contributed by atoms with Crippen molar-refractivity contribution in [2.24, 2.45) is 7.05 Å². The summed E-state index contributed by atoms with van der Waals surface area (Å²) in [5.74, 6) is 0.636. The molecule has 1 aliphatic carbocycles. The van der Waals surface area contributed by atoms with Gasteiger partial charge in [-0.05, 0) is 25.8 Å². The van der Waals surface area contributed by atoms with E-state index in [1.807, 2.05) is 29.6 Å². The monoisotopic (exact) mass is 330 g/mol. The summed E-state index contributed by atoms with van der Waals surface area (Å²) >= 11 is 0. The van der Waals surface area contributed by atoms with Gasteiger partial charge in [0.25, 0.3) is 5.91 Å². The van der Waals surface area contributed by atoms with Gasteiger partial charge in [0.1, 0.15) is 11.4 Å². The Kier molecular flexibility index (Phi) is 3.84. The van der Waals surface area contributed by atoms with Gasteiger partial charge in [0.2, 0.25) is 0 Å². The van der Waals surface area contributed by atoms with E-state index in [0.717, 1.165) is 24.5 Å². The number of amides is 1. The van der Waals surface area contributed by atoms with Crippen LogP contribution in [0.2, 0.25) is 0 Å². The van der Waals surface area contributed by atoms with Crippen LogP contribution in [0.25, 0.3) is 0 Å². The molecule has 2 fully saturated rings. The quantitative estimate of drug-likeness (QED) is 0.830. The van der Waals surface area contributed by atoms with Crippen molar-refractivity contribution in [3.8, 4) is 0 Å². The van der Waals surface area contributed by atoms with Crippen molar-refractivity contribution in [2.45, 2.75) is 32.2 Å². The number of piperazine rings is 1. The maximum absolute atomic E-state index is 12.7. The summed E-state index contributed by atoms with van der Waals surface area (Å²) in [5.41, 5.74) is 3.46. The second-order valence-corrected chi connectivity index (χ2v) is 6.72. The number of carbonyl (C=O) groups excluding carboxylic acids is 1. The maximum atomic E-state index is 12.7. The van der Waals surface area contributed by atoms with Crippen LogP contribution >= 0.6 is 0 Å². The lowest BCUT2D eigenvalue weighted by atomic mass is 10.2. The molecule has 2 aliphatic rings. The Labute approximate surface area is 140 Å². The van der Waals surface area contributed by atoms with Crippen molar-refractivity contribution in [2.75, 3.05) is 26.2 Å². The number of hydrogen-bond acceptors (Lipinski definition) is 6. The first kappa shape index (κ1) is 15.3. The second kappa shape index (κ2) is 6.01. The SMILES string of the molecule is Cc1nonc1CN1CCN(C(=O)c2cc(C3CC3)n(C)n2)CC1. The number of carbonyl (C=O) groups is 1. The fraction of sp³-hybridized carbons (Fsp3) is 0.625. The molecule has 0 N–H and O–H groups in total. The number of aromatic nitrogens is 4. The van der Waals surface area contributed by atoms with Crippen LogP contribution in [-0.2, 0) is 13.6 Å². The Morgan fingerprint density at radius 1 is 1.25 bits per heavy atom. The largest absolute Gasteiger partial charge is 0.335 e. The summed E-state index contributed by atoms with van der Waals surface area (Å²) in [6, 6.07) is 1.97. The van der Waals surface area contributed by atoms with E-state index in [4.69, 9.17) is 4.63 Å². The lowest BCUT2D eigenvalue weighted by molar-refractivity contribution is 0.0619. The van der Waals surface area contributed by atoms with Gasteiger partial charge in [0.15, 0.2) is 5.69 Å². The van der Waals surface area contributed by atoms with Gasteiger partial charge >= 0.3 is 0 Å². The standard InChI is InChI=1S/C16H22N6O2/c1-11-14(19-24-18-11)10-21-5-7-22(8-6-21)16(23)13-9-15(12-3-4-12)20(2)17-13/h9,12H,3-8,10H2,1-2H3. The molecule has 0 atom stereocenters. The Balaban J connectivity index is 1.36. The summed E-state index contributed by atoms with van der Waals surface area (Å²) in [4.78, 5) is 16.8. The van der Waals surface area contributed by atoms with Crippen LogP contribution in [-0.4, -0.2) is 62.0 Å². The minimum absolute atomic E-state index is 0.0384. The summed E-state index contributed by atoms with van der Waals surface area (Å²) in [6.07, 6.45) is 2.42. The molecule has 4 rings (SSSR count). The van der Waals surface area contributed by atoms with Gasteiger partial charge < -0.3 is 4.90 Å². The maximum Gasteiger partial charge on any atom is 0.274 e. The van der Waals surface area contributed by atoms with E-state index in [0.29, 0.717) is 31.2 Å². The molecule has 8 nitrogen and oxygen atoms in total. The minimum atomic E-state index is 0.0384. The number of rotatable bonds is 4. The lowest BCUT2D eigenvalue weighted by Crippen LogP contribution is -2.48. The Hall–Kier alpha value is -2.22. The van der Waals surface area contributed by atoms with E-state index in [1.165, 1.54) is 18.5 Å². The zero-order valence-electron chi connectivity index (χ0n) is 14.1. The predicted octanol–water partition coefficient (Wildman–Crippen LogP) is 0.947. The molecule has 0 spiro atoms. The highest BCUT2D eigenvalue weighted by molar-refractivity contribution is 5.92. The molecular weight excluding hydrogens is 308 g/mol. The summed E-state index contributed by atoms with van der Waals surface area (Å²) in [7, 11) is 1.93. The molecule has 1 saturated heterocycles. The van der Waals surface area contributed by atoms with Crippen LogP contribution < -0.4 is 0 Å². The molecule has 0 radical (unpaired) electrons. The van der Waals surface area contributed by atoms with E-state index in [1.54, 1.807) is 0 Å². The van der Waals surface area contributed by atoms with Crippen molar-refractivity contribution >= 4 is 5.91 Å². The fourth-order valence-corrected chi connectivity index (χ4v) is 3.22. The predicted molar refractivity (Wildman–Crippen MR) is 85.4 cm³/mol. The molecule has 1 saturated carbocycles. The first-order valence-electron chi connectivity index (χ1n) is 8.45. The van der Waals surface area contributed by atoms with Gasteiger partial charge in [0, 0.05) is 51.4 Å². The van der Waals surface area contributed by atoms with Crippen LogP contribution in [0.15, 0.2) is 10.7 Å². The molecule has 24 heavy (non-hydrogen) atoms. The van der Waals surface area contributed by atoms with Crippen LogP contribution in [0.4, 0.5) is 0 Å². The Bertz CT molecular complexity index is 740. The van der Waals surface area contributed by atoms with Gasteiger partial charge in [-0.3, -0.25) is 14.4 Å². The average molecular weight is 330 g/mol. The van der Waals surface area contributed by atoms with Crippen molar-refractivity contribution in [3.63, 3.8) is 0 Å². The average Bonchev–Trinajstić information content (AvgIpc) is 3.24. The summed E-state index contributed by atoms with van der Waals surface area (Å²) in [5, 5.41) is 12.2. The molecule has 0 aromatic carbocycles. The zero-order chi connectivity index (χ0) is 16.7. The van der Waals surface area contributed by atoms with Gasteiger partial charge in [-0.2, -0.15) is 5.10 Å². The van der Waals surface area contributed by atoms with Crippen LogP contribution in [0.1, 0.15) is 46.3 Å². The molecule has 0 unspecified atom stereocenters. The van der Waals surface area contributed by atoms with Crippen molar-refractivity contribution in [1.82, 2.24) is 29.9 Å². The van der Waals surface area contributed by atoms with E-state index in [-0.39, 0.29) is 5.91 Å². The smallest absolute Gasteiger partial charge is 0.274 e. The molecule has 1 amide bonds. The fourth-order valence-electron chi connectivity index (χ4n) is 3.22. The third kappa shape index (κ3) is 2.93. The molecule has 2 aromatic heterocycles. The Morgan fingerprint density at radius 2 is 2.00 bits per heavy atom. The second-order valence-electron chi connectivity index (χ2n) is 6.72. The number of hydrogen-bond donors (Lipinski definition) is 0. The molecule has 8 heteroatoms. The molecule has 3 heterocycles. The van der Waals surface area contributed by atoms with Crippen molar-refractivity contribution < 1.29 is 9.42 Å². The third-order valence-corrected chi connectivity index (χ3v) is 4.91. The van der Waals surface area contributed by atoms with Gasteiger partial charge in [0.05, 0.1) is 0 Å². The van der Waals surface area contributed by atoms with E-state index >= 15 is 0 Å². The number of aryl methyl sites for hydroxylation is 2. The van der Waals surface area contributed by atoms with Gasteiger partial charge in [-0.1, -0.05) is 10.3 Å². The topological polar surface area (TPSA) is 80.3 Å². The normalized spacial score (nSPS) is 19.0. The van der Waals surface area contributed by atoms with E-state index < -0.39 is 0 Å². The highest BCUT2D eigenvalue weighted by Gasteiger charge is 2.30. The molecule has 0 bridgehead atoms.